The minimum Gasteiger partial charge on any atom is -0.306 e. The normalized spacial score (nSPS) is 23.0. The highest BCUT2D eigenvalue weighted by atomic mass is 16.5. The first kappa shape index (κ1) is 10.6. The van der Waals surface area contributed by atoms with E-state index in [4.69, 9.17) is 5.21 Å². The summed E-state index contributed by atoms with van der Waals surface area (Å²) in [5.74, 6) is 0.0714. The molecule has 0 saturated carbocycles. The number of likely N-dealkylation sites (tertiary alicyclic amines) is 1. The molecule has 0 aliphatic carbocycles. The number of nitrogens with one attached hydrogen (secondary N) is 2. The molecule has 0 radical (unpaired) electrons. The lowest BCUT2D eigenvalue weighted by atomic mass is 9.85. The Bertz CT molecular complexity index is 188. The molecule has 5 nitrogen and oxygen atoms in total. The maximum absolute atomic E-state index is 11.4. The zero-order valence-electron chi connectivity index (χ0n) is 8.13. The monoisotopic (exact) mass is 187 g/mol. The summed E-state index contributed by atoms with van der Waals surface area (Å²) in [6.45, 7) is 3.29. The fourth-order valence-corrected chi connectivity index (χ4v) is 1.67. The molecule has 1 aliphatic heterocycles. The molecular formula is C8H17N3O2. The summed E-state index contributed by atoms with van der Waals surface area (Å²) in [6, 6.07) is 0. The second-order valence-electron chi connectivity index (χ2n) is 3.68. The Morgan fingerprint density at radius 1 is 1.46 bits per heavy atom. The molecule has 0 spiro atoms. The van der Waals surface area contributed by atoms with Gasteiger partial charge in [0.15, 0.2) is 5.78 Å². The van der Waals surface area contributed by atoms with Gasteiger partial charge in [-0.3, -0.25) is 4.79 Å². The molecule has 0 bridgehead atoms. The van der Waals surface area contributed by atoms with Gasteiger partial charge in [0.1, 0.15) is 0 Å². The van der Waals surface area contributed by atoms with Crippen LogP contribution in [0.3, 0.4) is 0 Å². The SMILES string of the molecule is CC(=O)C1(NNO)CCN(C)CC1. The van der Waals surface area contributed by atoms with E-state index < -0.39 is 5.54 Å². The van der Waals surface area contributed by atoms with Crippen molar-refractivity contribution in [2.24, 2.45) is 0 Å². The molecular weight excluding hydrogens is 170 g/mol. The van der Waals surface area contributed by atoms with Gasteiger partial charge in [0.05, 0.1) is 5.54 Å². The Balaban J connectivity index is 2.63. The fourth-order valence-electron chi connectivity index (χ4n) is 1.67. The highest BCUT2D eigenvalue weighted by Crippen LogP contribution is 2.21. The van der Waals surface area contributed by atoms with Crippen molar-refractivity contribution in [2.45, 2.75) is 25.3 Å². The van der Waals surface area contributed by atoms with Crippen molar-refractivity contribution < 1.29 is 10.0 Å². The van der Waals surface area contributed by atoms with Gasteiger partial charge in [-0.05, 0) is 26.8 Å². The quantitative estimate of drug-likeness (QED) is 0.521. The van der Waals surface area contributed by atoms with Crippen LogP contribution >= 0.6 is 0 Å². The first-order chi connectivity index (χ1) is 6.10. The topological polar surface area (TPSA) is 64.6 Å². The molecule has 5 heteroatoms. The van der Waals surface area contributed by atoms with Gasteiger partial charge < -0.3 is 10.1 Å². The average Bonchev–Trinajstić information content (AvgIpc) is 2.09. The van der Waals surface area contributed by atoms with E-state index in [1.807, 2.05) is 12.6 Å². The van der Waals surface area contributed by atoms with E-state index in [-0.39, 0.29) is 5.78 Å². The average molecular weight is 187 g/mol. The Morgan fingerprint density at radius 2 is 2.00 bits per heavy atom. The van der Waals surface area contributed by atoms with Crippen molar-refractivity contribution in [1.29, 1.82) is 0 Å². The van der Waals surface area contributed by atoms with Crippen molar-refractivity contribution in [3.8, 4) is 0 Å². The van der Waals surface area contributed by atoms with Crippen molar-refractivity contribution in [3.05, 3.63) is 0 Å². The predicted molar refractivity (Wildman–Crippen MR) is 48.2 cm³/mol. The van der Waals surface area contributed by atoms with Crippen LogP contribution in [-0.2, 0) is 4.79 Å². The van der Waals surface area contributed by atoms with Crippen LogP contribution in [0.15, 0.2) is 0 Å². The standard InChI is InChI=1S/C8H17N3O2/c1-7(12)8(9-10-13)3-5-11(2)6-4-8/h9-10,13H,3-6H2,1-2H3. The molecule has 1 heterocycles. The number of carbonyl (C=O) groups excluding carboxylic acids is 1. The number of carbonyl (C=O) groups is 1. The molecule has 13 heavy (non-hydrogen) atoms. The highest BCUT2D eigenvalue weighted by Gasteiger charge is 2.37. The summed E-state index contributed by atoms with van der Waals surface area (Å²) in [7, 11) is 2.02. The van der Waals surface area contributed by atoms with E-state index in [1.165, 1.54) is 0 Å². The molecule has 1 aliphatic rings. The van der Waals surface area contributed by atoms with Crippen LogP contribution in [0.25, 0.3) is 0 Å². The van der Waals surface area contributed by atoms with Gasteiger partial charge in [-0.2, -0.15) is 0 Å². The zero-order valence-corrected chi connectivity index (χ0v) is 8.13. The number of Topliss-reactive ketones (excluding diaryl/α,β-unsaturated/α-hetero) is 1. The number of piperidine rings is 1. The van der Waals surface area contributed by atoms with Crippen LogP contribution in [0.4, 0.5) is 0 Å². The molecule has 0 atom stereocenters. The largest absolute Gasteiger partial charge is 0.306 e. The summed E-state index contributed by atoms with van der Waals surface area (Å²) in [6.07, 6.45) is 1.46. The maximum atomic E-state index is 11.4. The van der Waals surface area contributed by atoms with Gasteiger partial charge in [0.25, 0.3) is 0 Å². The molecule has 0 amide bonds. The number of hydrogen-bond acceptors (Lipinski definition) is 5. The van der Waals surface area contributed by atoms with Crippen LogP contribution in [0.2, 0.25) is 0 Å². The first-order valence-corrected chi connectivity index (χ1v) is 4.46. The Kier molecular flexibility index (Phi) is 3.38. The first-order valence-electron chi connectivity index (χ1n) is 4.46. The Morgan fingerprint density at radius 3 is 2.38 bits per heavy atom. The van der Waals surface area contributed by atoms with Gasteiger partial charge in [-0.1, -0.05) is 0 Å². The van der Waals surface area contributed by atoms with E-state index in [1.54, 1.807) is 6.92 Å². The lowest BCUT2D eigenvalue weighted by Gasteiger charge is -2.38. The van der Waals surface area contributed by atoms with Gasteiger partial charge in [-0.15, -0.1) is 5.59 Å². The number of hydrogen-bond donors (Lipinski definition) is 3. The van der Waals surface area contributed by atoms with Crippen LogP contribution in [0.1, 0.15) is 19.8 Å². The molecule has 1 rings (SSSR count). The van der Waals surface area contributed by atoms with Crippen molar-refractivity contribution in [3.63, 3.8) is 0 Å². The van der Waals surface area contributed by atoms with E-state index in [0.29, 0.717) is 0 Å². The van der Waals surface area contributed by atoms with Crippen LogP contribution in [0, 0.1) is 0 Å². The summed E-state index contributed by atoms with van der Waals surface area (Å²) in [5.41, 5.74) is 3.95. The number of nitrogens with zero attached hydrogens (tertiary/aromatic N) is 1. The second kappa shape index (κ2) is 4.15. The summed E-state index contributed by atoms with van der Waals surface area (Å²) in [4.78, 5) is 13.6. The second-order valence-corrected chi connectivity index (χ2v) is 3.68. The van der Waals surface area contributed by atoms with E-state index in [9.17, 15) is 4.79 Å². The third kappa shape index (κ3) is 2.25. The van der Waals surface area contributed by atoms with E-state index >= 15 is 0 Å². The van der Waals surface area contributed by atoms with Crippen molar-refractivity contribution in [2.75, 3.05) is 20.1 Å². The van der Waals surface area contributed by atoms with Crippen LogP contribution in [0.5, 0.6) is 0 Å². The fraction of sp³-hybridized carbons (Fsp3) is 0.875. The third-order valence-electron chi connectivity index (χ3n) is 2.81. The van der Waals surface area contributed by atoms with Crippen LogP contribution in [-0.4, -0.2) is 41.6 Å². The number of rotatable bonds is 3. The summed E-state index contributed by atoms with van der Waals surface area (Å²) < 4.78 is 0. The molecule has 1 saturated heterocycles. The number of ketones is 1. The number of hydrazine groups is 1. The molecule has 0 unspecified atom stereocenters. The summed E-state index contributed by atoms with van der Waals surface area (Å²) >= 11 is 0. The minimum absolute atomic E-state index is 0.0714. The Hall–Kier alpha value is -0.490. The Labute approximate surface area is 78.0 Å². The summed E-state index contributed by atoms with van der Waals surface area (Å²) in [5, 5.41) is 8.57. The maximum Gasteiger partial charge on any atom is 0.151 e. The molecule has 0 aromatic carbocycles. The van der Waals surface area contributed by atoms with E-state index in [2.05, 4.69) is 10.3 Å². The smallest absolute Gasteiger partial charge is 0.151 e. The third-order valence-corrected chi connectivity index (χ3v) is 2.81. The minimum atomic E-state index is -0.582. The zero-order chi connectivity index (χ0) is 9.90. The van der Waals surface area contributed by atoms with Gasteiger partial charge in [0, 0.05) is 13.1 Å². The predicted octanol–water partition coefficient (Wildman–Crippen LogP) is -0.477. The highest BCUT2D eigenvalue weighted by molar-refractivity contribution is 5.86. The molecule has 0 aromatic heterocycles. The van der Waals surface area contributed by atoms with Gasteiger partial charge >= 0.3 is 0 Å². The van der Waals surface area contributed by atoms with Crippen molar-refractivity contribution >= 4 is 5.78 Å². The van der Waals surface area contributed by atoms with Gasteiger partial charge in [0.2, 0.25) is 0 Å². The van der Waals surface area contributed by atoms with E-state index in [0.717, 1.165) is 25.9 Å². The van der Waals surface area contributed by atoms with Crippen molar-refractivity contribution in [1.82, 2.24) is 15.9 Å². The van der Waals surface area contributed by atoms with Gasteiger partial charge in [-0.25, -0.2) is 5.43 Å². The molecule has 3 N–H and O–H groups in total. The lowest BCUT2D eigenvalue weighted by Crippen LogP contribution is -2.60. The molecule has 0 aromatic rings. The molecule has 76 valence electrons. The lowest BCUT2D eigenvalue weighted by molar-refractivity contribution is -0.127. The molecule has 1 fully saturated rings. The van der Waals surface area contributed by atoms with Crippen LogP contribution < -0.4 is 11.0 Å².